The summed E-state index contributed by atoms with van der Waals surface area (Å²) in [6.07, 6.45) is 1.70. The van der Waals surface area contributed by atoms with Crippen LogP contribution in [0, 0.1) is 11.3 Å². The summed E-state index contributed by atoms with van der Waals surface area (Å²) < 4.78 is 22.3. The zero-order valence-electron chi connectivity index (χ0n) is 19.5. The van der Waals surface area contributed by atoms with E-state index in [-0.39, 0.29) is 12.2 Å². The minimum atomic E-state index is -0.993. The molecule has 35 heavy (non-hydrogen) atoms. The van der Waals surface area contributed by atoms with Crippen LogP contribution in [0.1, 0.15) is 34.0 Å². The molecule has 3 aromatic carbocycles. The van der Waals surface area contributed by atoms with Crippen molar-refractivity contribution in [2.75, 3.05) is 20.8 Å². The summed E-state index contributed by atoms with van der Waals surface area (Å²) in [5.41, 5.74) is 2.68. The van der Waals surface area contributed by atoms with E-state index in [1.165, 1.54) is 19.2 Å². The number of hydrogen-bond donors (Lipinski definition) is 1. The highest BCUT2D eigenvalue weighted by Crippen LogP contribution is 2.38. The fraction of sp³-hybridized carbons (Fsp3) is 0.185. The molecule has 0 fully saturated rings. The van der Waals surface area contributed by atoms with Gasteiger partial charge < -0.3 is 24.1 Å². The van der Waals surface area contributed by atoms with Gasteiger partial charge in [0.25, 0.3) is 0 Å². The molecule has 0 atom stereocenters. The molecule has 0 unspecified atom stereocenters. The first-order chi connectivity index (χ1) is 16.9. The minimum Gasteiger partial charge on any atom is -0.493 e. The molecule has 0 saturated heterocycles. The molecule has 3 rings (SSSR count). The smallest absolute Gasteiger partial charge is 0.335 e. The minimum absolute atomic E-state index is 0.171. The second kappa shape index (κ2) is 11.8. The Morgan fingerprint density at radius 2 is 1.66 bits per heavy atom. The molecule has 0 aliphatic heterocycles. The Hall–Kier alpha value is -4.15. The molecular weight excluding hydrogens is 470 g/mol. The summed E-state index contributed by atoms with van der Waals surface area (Å²) in [5, 5.41) is 19.1. The number of aromatic carboxylic acids is 1. The van der Waals surface area contributed by atoms with Gasteiger partial charge in [0.15, 0.2) is 23.0 Å². The number of ether oxygens (including phenoxy) is 4. The van der Waals surface area contributed by atoms with E-state index in [1.54, 1.807) is 55.7 Å². The zero-order chi connectivity index (χ0) is 25.4. The Morgan fingerprint density at radius 1 is 0.971 bits per heavy atom. The van der Waals surface area contributed by atoms with Crippen LogP contribution in [0.25, 0.3) is 11.6 Å². The number of carboxylic acid groups (broad SMARTS) is 1. The number of hydrogen-bond acceptors (Lipinski definition) is 6. The van der Waals surface area contributed by atoms with E-state index in [0.29, 0.717) is 51.3 Å². The predicted octanol–water partition coefficient (Wildman–Crippen LogP) is 6.10. The largest absolute Gasteiger partial charge is 0.493 e. The van der Waals surface area contributed by atoms with Crippen LogP contribution < -0.4 is 18.9 Å². The maximum absolute atomic E-state index is 11.0. The summed E-state index contributed by atoms with van der Waals surface area (Å²) in [6, 6.07) is 17.3. The van der Waals surface area contributed by atoms with Crippen molar-refractivity contribution in [3.63, 3.8) is 0 Å². The fourth-order valence-electron chi connectivity index (χ4n) is 3.32. The third kappa shape index (κ3) is 6.25. The summed E-state index contributed by atoms with van der Waals surface area (Å²) in [6.45, 7) is 2.40. The Morgan fingerprint density at radius 3 is 2.26 bits per heavy atom. The van der Waals surface area contributed by atoms with Crippen LogP contribution in [0.15, 0.2) is 54.6 Å². The zero-order valence-corrected chi connectivity index (χ0v) is 20.3. The van der Waals surface area contributed by atoms with Crippen molar-refractivity contribution in [1.82, 2.24) is 0 Å². The topological polar surface area (TPSA) is 98.0 Å². The second-order valence-corrected chi connectivity index (χ2v) is 7.70. The third-order valence-electron chi connectivity index (χ3n) is 5.04. The lowest BCUT2D eigenvalue weighted by Gasteiger charge is -2.15. The van der Waals surface area contributed by atoms with Crippen LogP contribution in [-0.4, -0.2) is 31.9 Å². The van der Waals surface area contributed by atoms with Gasteiger partial charge in [0.2, 0.25) is 0 Å². The first kappa shape index (κ1) is 25.5. The SMILES string of the molecule is CCOc1cc(/C=C(\C#N)c2ccc(OC)c(OC)c2)cc(Cl)c1OCc1ccc(C(=O)O)cc1. The van der Waals surface area contributed by atoms with Gasteiger partial charge in [0.1, 0.15) is 6.61 Å². The molecule has 0 saturated carbocycles. The average molecular weight is 494 g/mol. The van der Waals surface area contributed by atoms with Gasteiger partial charge >= 0.3 is 5.97 Å². The van der Waals surface area contributed by atoms with Crippen LogP contribution in [0.4, 0.5) is 0 Å². The van der Waals surface area contributed by atoms with E-state index in [9.17, 15) is 10.1 Å². The van der Waals surface area contributed by atoms with Crippen LogP contribution in [0.5, 0.6) is 23.0 Å². The Kier molecular flexibility index (Phi) is 8.60. The van der Waals surface area contributed by atoms with E-state index in [1.807, 2.05) is 6.92 Å². The first-order valence-electron chi connectivity index (χ1n) is 10.7. The number of nitrogens with zero attached hydrogens (tertiary/aromatic N) is 1. The van der Waals surface area contributed by atoms with Gasteiger partial charge in [-0.25, -0.2) is 4.79 Å². The van der Waals surface area contributed by atoms with Crippen LogP contribution >= 0.6 is 11.6 Å². The molecule has 0 aromatic heterocycles. The summed E-state index contributed by atoms with van der Waals surface area (Å²) >= 11 is 6.53. The van der Waals surface area contributed by atoms with Crippen LogP contribution in [0.2, 0.25) is 5.02 Å². The van der Waals surface area contributed by atoms with Gasteiger partial charge in [-0.15, -0.1) is 0 Å². The average Bonchev–Trinajstić information content (AvgIpc) is 2.86. The maximum Gasteiger partial charge on any atom is 0.335 e. The lowest BCUT2D eigenvalue weighted by Crippen LogP contribution is -2.02. The highest BCUT2D eigenvalue weighted by molar-refractivity contribution is 6.32. The molecule has 0 spiro atoms. The molecule has 1 N–H and O–H groups in total. The molecule has 8 heteroatoms. The molecule has 180 valence electrons. The van der Waals surface area contributed by atoms with E-state index in [2.05, 4.69) is 6.07 Å². The normalized spacial score (nSPS) is 10.9. The van der Waals surface area contributed by atoms with Gasteiger partial charge in [0.05, 0.1) is 43.1 Å². The van der Waals surface area contributed by atoms with E-state index >= 15 is 0 Å². The molecule has 0 aliphatic carbocycles. The highest BCUT2D eigenvalue weighted by Gasteiger charge is 2.14. The Labute approximate surface area is 208 Å². The number of allylic oxidation sites excluding steroid dienone is 1. The first-order valence-corrected chi connectivity index (χ1v) is 11.0. The van der Waals surface area contributed by atoms with Crippen molar-refractivity contribution < 1.29 is 28.8 Å². The Balaban J connectivity index is 1.90. The van der Waals surface area contributed by atoms with Crippen molar-refractivity contribution in [3.05, 3.63) is 81.9 Å². The summed E-state index contributed by atoms with van der Waals surface area (Å²) in [5.74, 6) is 0.872. The number of rotatable bonds is 10. The second-order valence-electron chi connectivity index (χ2n) is 7.29. The molecular formula is C27H24ClNO6. The number of halogens is 1. The molecule has 0 aliphatic rings. The maximum atomic E-state index is 11.0. The number of benzene rings is 3. The van der Waals surface area contributed by atoms with Gasteiger partial charge in [-0.05, 0) is 72.2 Å². The lowest BCUT2D eigenvalue weighted by molar-refractivity contribution is 0.0697. The standard InChI is InChI=1S/C27H24ClNO6/c1-4-34-25-13-18(11-21(15-29)20-9-10-23(32-2)24(14-20)33-3)12-22(28)26(25)35-16-17-5-7-19(8-6-17)27(30)31/h5-14H,4,16H2,1-3H3,(H,30,31)/b21-11+. The molecule has 3 aromatic rings. The van der Waals surface area contributed by atoms with Crippen molar-refractivity contribution in [1.29, 1.82) is 5.26 Å². The van der Waals surface area contributed by atoms with Crippen molar-refractivity contribution >= 4 is 29.2 Å². The molecule has 0 radical (unpaired) electrons. The molecule has 0 bridgehead atoms. The number of methoxy groups -OCH3 is 2. The van der Waals surface area contributed by atoms with E-state index < -0.39 is 5.97 Å². The quantitative estimate of drug-likeness (QED) is 0.269. The molecule has 7 nitrogen and oxygen atoms in total. The summed E-state index contributed by atoms with van der Waals surface area (Å²) in [4.78, 5) is 11.0. The monoisotopic (exact) mass is 493 g/mol. The fourth-order valence-corrected chi connectivity index (χ4v) is 3.60. The number of carbonyl (C=O) groups is 1. The van der Waals surface area contributed by atoms with Crippen molar-refractivity contribution in [2.45, 2.75) is 13.5 Å². The number of carboxylic acids is 1. The predicted molar refractivity (Wildman–Crippen MR) is 133 cm³/mol. The van der Waals surface area contributed by atoms with Crippen LogP contribution in [-0.2, 0) is 6.61 Å². The van der Waals surface area contributed by atoms with Gasteiger partial charge in [0, 0.05) is 0 Å². The van der Waals surface area contributed by atoms with Crippen molar-refractivity contribution in [3.8, 4) is 29.1 Å². The van der Waals surface area contributed by atoms with E-state index in [0.717, 1.165) is 5.56 Å². The molecule has 0 amide bonds. The van der Waals surface area contributed by atoms with Crippen molar-refractivity contribution in [2.24, 2.45) is 0 Å². The van der Waals surface area contributed by atoms with Gasteiger partial charge in [-0.2, -0.15) is 5.26 Å². The Bertz CT molecular complexity index is 1280. The number of nitriles is 1. The van der Waals surface area contributed by atoms with Gasteiger partial charge in [-0.3, -0.25) is 0 Å². The molecule has 0 heterocycles. The van der Waals surface area contributed by atoms with Gasteiger partial charge in [-0.1, -0.05) is 23.7 Å². The highest BCUT2D eigenvalue weighted by atomic mass is 35.5. The third-order valence-corrected chi connectivity index (χ3v) is 5.32. The van der Waals surface area contributed by atoms with Crippen LogP contribution in [0.3, 0.4) is 0 Å². The lowest BCUT2D eigenvalue weighted by atomic mass is 10.0. The summed E-state index contributed by atoms with van der Waals surface area (Å²) in [7, 11) is 3.08. The van der Waals surface area contributed by atoms with E-state index in [4.69, 9.17) is 35.7 Å².